The summed E-state index contributed by atoms with van der Waals surface area (Å²) in [6.45, 7) is 1.55. The van der Waals surface area contributed by atoms with Gasteiger partial charge in [0.25, 0.3) is 5.91 Å². The van der Waals surface area contributed by atoms with Crippen LogP contribution in [-0.4, -0.2) is 30.3 Å². The van der Waals surface area contributed by atoms with Crippen LogP contribution in [0.15, 0.2) is 18.2 Å². The first-order valence-electron chi connectivity index (χ1n) is 6.39. The molecule has 1 amide bonds. The predicted octanol–water partition coefficient (Wildman–Crippen LogP) is 1.23. The van der Waals surface area contributed by atoms with Crippen molar-refractivity contribution in [1.82, 2.24) is 5.32 Å². The molecule has 1 saturated carbocycles. The Morgan fingerprint density at radius 2 is 2.26 bits per heavy atom. The van der Waals surface area contributed by atoms with Gasteiger partial charge >= 0.3 is 0 Å². The summed E-state index contributed by atoms with van der Waals surface area (Å²) in [7, 11) is 1.56. The average molecular weight is 265 g/mol. The van der Waals surface area contributed by atoms with Crippen LogP contribution < -0.4 is 14.8 Å². The van der Waals surface area contributed by atoms with Gasteiger partial charge in [-0.05, 0) is 31.9 Å². The highest BCUT2D eigenvalue weighted by Gasteiger charge is 2.26. The minimum absolute atomic E-state index is 0.130. The van der Waals surface area contributed by atoms with Gasteiger partial charge in [0.2, 0.25) is 0 Å². The van der Waals surface area contributed by atoms with E-state index in [9.17, 15) is 9.90 Å². The van der Waals surface area contributed by atoms with E-state index in [0.29, 0.717) is 23.1 Å². The van der Waals surface area contributed by atoms with Crippen LogP contribution >= 0.6 is 0 Å². The summed E-state index contributed by atoms with van der Waals surface area (Å²) in [5.41, 5.74) is 0.631. The fraction of sp³-hybridized carbons (Fsp3) is 0.500. The van der Waals surface area contributed by atoms with E-state index < -0.39 is 6.10 Å². The van der Waals surface area contributed by atoms with Gasteiger partial charge in [-0.25, -0.2) is 0 Å². The molecule has 19 heavy (non-hydrogen) atoms. The summed E-state index contributed by atoms with van der Waals surface area (Å²) in [5, 5.41) is 12.1. The molecule has 5 heteroatoms. The Hall–Kier alpha value is -1.75. The molecule has 5 nitrogen and oxygen atoms in total. The zero-order chi connectivity index (χ0) is 13.8. The van der Waals surface area contributed by atoms with Gasteiger partial charge in [0.15, 0.2) is 6.10 Å². The van der Waals surface area contributed by atoms with Gasteiger partial charge in [-0.2, -0.15) is 0 Å². The minimum atomic E-state index is -0.599. The van der Waals surface area contributed by atoms with Gasteiger partial charge in [0, 0.05) is 17.7 Å². The number of carbonyl (C=O) groups excluding carboxylic acids is 1. The SMILES string of the molecule is COc1ccc(CO)c(OC(C)C(=O)NC2CC2)c1. The first kappa shape index (κ1) is 13.7. The molecule has 0 heterocycles. The van der Waals surface area contributed by atoms with Crippen LogP contribution in [0.4, 0.5) is 0 Å². The number of ether oxygens (including phenoxy) is 2. The lowest BCUT2D eigenvalue weighted by molar-refractivity contribution is -0.127. The maximum atomic E-state index is 11.8. The molecule has 0 spiro atoms. The van der Waals surface area contributed by atoms with Crippen LogP contribution in [0.25, 0.3) is 0 Å². The van der Waals surface area contributed by atoms with Crippen molar-refractivity contribution in [2.75, 3.05) is 7.11 Å². The van der Waals surface area contributed by atoms with Crippen LogP contribution in [0.2, 0.25) is 0 Å². The normalized spacial score (nSPS) is 15.7. The van der Waals surface area contributed by atoms with E-state index in [1.54, 1.807) is 32.2 Å². The number of amides is 1. The van der Waals surface area contributed by atoms with E-state index in [0.717, 1.165) is 12.8 Å². The van der Waals surface area contributed by atoms with Crippen molar-refractivity contribution < 1.29 is 19.4 Å². The molecular formula is C14H19NO4. The van der Waals surface area contributed by atoms with Crippen LogP contribution in [-0.2, 0) is 11.4 Å². The molecule has 104 valence electrons. The van der Waals surface area contributed by atoms with E-state index in [2.05, 4.69) is 5.32 Å². The zero-order valence-corrected chi connectivity index (χ0v) is 11.2. The average Bonchev–Trinajstić information content (AvgIpc) is 3.22. The van der Waals surface area contributed by atoms with Crippen molar-refractivity contribution in [2.45, 2.75) is 38.5 Å². The number of aliphatic hydroxyl groups is 1. The number of rotatable bonds is 6. The van der Waals surface area contributed by atoms with Crippen molar-refractivity contribution in [3.63, 3.8) is 0 Å². The molecule has 0 bridgehead atoms. The van der Waals surface area contributed by atoms with Gasteiger partial charge < -0.3 is 19.9 Å². The van der Waals surface area contributed by atoms with Crippen LogP contribution in [0.3, 0.4) is 0 Å². The third-order valence-corrected chi connectivity index (χ3v) is 3.04. The Labute approximate surface area is 112 Å². The Balaban J connectivity index is 2.05. The molecular weight excluding hydrogens is 246 g/mol. The molecule has 1 aromatic carbocycles. The summed E-state index contributed by atoms with van der Waals surface area (Å²) in [4.78, 5) is 11.8. The smallest absolute Gasteiger partial charge is 0.260 e. The quantitative estimate of drug-likeness (QED) is 0.812. The fourth-order valence-electron chi connectivity index (χ4n) is 1.69. The van der Waals surface area contributed by atoms with Crippen LogP contribution in [0.1, 0.15) is 25.3 Å². The summed E-state index contributed by atoms with van der Waals surface area (Å²) >= 11 is 0. The molecule has 1 fully saturated rings. The third kappa shape index (κ3) is 3.61. The topological polar surface area (TPSA) is 67.8 Å². The largest absolute Gasteiger partial charge is 0.497 e. The molecule has 2 rings (SSSR count). The Morgan fingerprint density at radius 1 is 1.53 bits per heavy atom. The predicted molar refractivity (Wildman–Crippen MR) is 70.2 cm³/mol. The second-order valence-corrected chi connectivity index (χ2v) is 4.67. The Morgan fingerprint density at radius 3 is 2.84 bits per heavy atom. The molecule has 1 aliphatic carbocycles. The number of aliphatic hydroxyl groups excluding tert-OH is 1. The van der Waals surface area contributed by atoms with Crippen LogP contribution in [0, 0.1) is 0 Å². The first-order chi connectivity index (χ1) is 9.13. The minimum Gasteiger partial charge on any atom is -0.497 e. The molecule has 0 aromatic heterocycles. The number of hydrogen-bond acceptors (Lipinski definition) is 4. The van der Waals surface area contributed by atoms with E-state index >= 15 is 0 Å². The van der Waals surface area contributed by atoms with E-state index in [1.165, 1.54) is 0 Å². The van der Waals surface area contributed by atoms with E-state index in [4.69, 9.17) is 9.47 Å². The highest BCUT2D eigenvalue weighted by Crippen LogP contribution is 2.26. The van der Waals surface area contributed by atoms with E-state index in [1.807, 2.05) is 0 Å². The highest BCUT2D eigenvalue weighted by atomic mass is 16.5. The molecule has 1 aromatic rings. The number of benzene rings is 1. The highest BCUT2D eigenvalue weighted by molar-refractivity contribution is 5.81. The van der Waals surface area contributed by atoms with Gasteiger partial charge in [-0.15, -0.1) is 0 Å². The molecule has 0 aliphatic heterocycles. The van der Waals surface area contributed by atoms with Crippen molar-refractivity contribution in [2.24, 2.45) is 0 Å². The zero-order valence-electron chi connectivity index (χ0n) is 11.2. The van der Waals surface area contributed by atoms with Gasteiger partial charge in [0.1, 0.15) is 11.5 Å². The van der Waals surface area contributed by atoms with E-state index in [-0.39, 0.29) is 12.5 Å². The van der Waals surface area contributed by atoms with Gasteiger partial charge in [-0.3, -0.25) is 4.79 Å². The van der Waals surface area contributed by atoms with Gasteiger partial charge in [0.05, 0.1) is 13.7 Å². The molecule has 1 unspecified atom stereocenters. The number of carbonyl (C=O) groups is 1. The number of hydrogen-bond donors (Lipinski definition) is 2. The Kier molecular flexibility index (Phi) is 4.27. The number of nitrogens with one attached hydrogen (secondary N) is 1. The van der Waals surface area contributed by atoms with Crippen molar-refractivity contribution in [1.29, 1.82) is 0 Å². The van der Waals surface area contributed by atoms with Gasteiger partial charge in [-0.1, -0.05) is 0 Å². The molecule has 0 saturated heterocycles. The lowest BCUT2D eigenvalue weighted by Crippen LogP contribution is -2.37. The van der Waals surface area contributed by atoms with Crippen molar-refractivity contribution >= 4 is 5.91 Å². The molecule has 2 N–H and O–H groups in total. The monoisotopic (exact) mass is 265 g/mol. The summed E-state index contributed by atoms with van der Waals surface area (Å²) < 4.78 is 10.7. The van der Waals surface area contributed by atoms with Crippen molar-refractivity contribution in [3.05, 3.63) is 23.8 Å². The number of methoxy groups -OCH3 is 1. The maximum Gasteiger partial charge on any atom is 0.260 e. The fourth-order valence-corrected chi connectivity index (χ4v) is 1.69. The molecule has 1 aliphatic rings. The second kappa shape index (κ2) is 5.93. The van der Waals surface area contributed by atoms with Crippen LogP contribution in [0.5, 0.6) is 11.5 Å². The molecule has 1 atom stereocenters. The summed E-state index contributed by atoms with van der Waals surface area (Å²) in [6, 6.07) is 5.45. The Bertz CT molecular complexity index is 457. The lowest BCUT2D eigenvalue weighted by Gasteiger charge is -2.17. The summed E-state index contributed by atoms with van der Waals surface area (Å²) in [5.74, 6) is 0.969. The second-order valence-electron chi connectivity index (χ2n) is 4.67. The lowest BCUT2D eigenvalue weighted by atomic mass is 10.2. The summed E-state index contributed by atoms with van der Waals surface area (Å²) in [6.07, 6.45) is 1.48. The maximum absolute atomic E-state index is 11.8. The van der Waals surface area contributed by atoms with Crippen molar-refractivity contribution in [3.8, 4) is 11.5 Å². The first-order valence-corrected chi connectivity index (χ1v) is 6.39. The standard InChI is InChI=1S/C14H19NO4/c1-9(14(17)15-11-4-5-11)19-13-7-12(18-2)6-3-10(13)8-16/h3,6-7,9,11,16H,4-5,8H2,1-2H3,(H,15,17). The molecule has 0 radical (unpaired) electrons. The third-order valence-electron chi connectivity index (χ3n) is 3.04.